The van der Waals surface area contributed by atoms with E-state index >= 15 is 0 Å². The largest absolute Gasteiger partial charge is 0.316 e. The Bertz CT molecular complexity index is 591. The van der Waals surface area contributed by atoms with Crippen LogP contribution in [-0.2, 0) is 6.42 Å². The van der Waals surface area contributed by atoms with Crippen molar-refractivity contribution in [1.82, 2.24) is 5.32 Å². The second-order valence-corrected chi connectivity index (χ2v) is 4.57. The Labute approximate surface area is 118 Å². The highest BCUT2D eigenvalue weighted by Gasteiger charge is 2.08. The third-order valence-electron chi connectivity index (χ3n) is 3.07. The van der Waals surface area contributed by atoms with Gasteiger partial charge < -0.3 is 5.32 Å². The molecule has 2 rings (SSSR count). The first-order valence-corrected chi connectivity index (χ1v) is 6.53. The Balaban J connectivity index is 2.28. The van der Waals surface area contributed by atoms with Crippen molar-refractivity contribution < 1.29 is 8.78 Å². The molecule has 1 nitrogen and oxygen atoms in total. The van der Waals surface area contributed by atoms with Crippen LogP contribution in [0.1, 0.15) is 11.1 Å². The minimum Gasteiger partial charge on any atom is -0.316 e. The average Bonchev–Trinajstić information content (AvgIpc) is 2.47. The molecule has 0 aromatic heterocycles. The van der Waals surface area contributed by atoms with Crippen molar-refractivity contribution in [1.29, 1.82) is 0 Å². The Hall–Kier alpha value is -2.00. The molecule has 20 heavy (non-hydrogen) atoms. The second kappa shape index (κ2) is 6.96. The lowest BCUT2D eigenvalue weighted by Gasteiger charge is -2.09. The summed E-state index contributed by atoms with van der Waals surface area (Å²) in [6.07, 6.45) is 2.62. The Morgan fingerprint density at radius 1 is 1.10 bits per heavy atom. The van der Waals surface area contributed by atoms with E-state index in [4.69, 9.17) is 0 Å². The number of benzene rings is 2. The van der Waals surface area contributed by atoms with Crippen LogP contribution >= 0.6 is 0 Å². The van der Waals surface area contributed by atoms with Crippen LogP contribution in [0.3, 0.4) is 0 Å². The molecule has 2 aromatic carbocycles. The molecule has 0 aliphatic carbocycles. The van der Waals surface area contributed by atoms with Gasteiger partial charge in [0.15, 0.2) is 0 Å². The number of likely N-dealkylation sites (N-methyl/N-ethyl adjacent to an activating group) is 1. The van der Waals surface area contributed by atoms with Crippen LogP contribution in [-0.4, -0.2) is 13.6 Å². The lowest BCUT2D eigenvalue weighted by Crippen LogP contribution is -2.11. The summed E-state index contributed by atoms with van der Waals surface area (Å²) in [5, 5.41) is 2.99. The first-order valence-electron chi connectivity index (χ1n) is 6.53. The van der Waals surface area contributed by atoms with Gasteiger partial charge in [0.1, 0.15) is 11.6 Å². The van der Waals surface area contributed by atoms with Gasteiger partial charge in [-0.1, -0.05) is 36.4 Å². The van der Waals surface area contributed by atoms with Gasteiger partial charge in [0.25, 0.3) is 0 Å². The SMILES string of the molecule is CNC/C(=C\Cc1ccccc1)c1cc(F)ccc1F. The van der Waals surface area contributed by atoms with E-state index in [0.29, 0.717) is 18.5 Å². The summed E-state index contributed by atoms with van der Waals surface area (Å²) in [5.41, 5.74) is 2.21. The van der Waals surface area contributed by atoms with Crippen molar-refractivity contribution in [3.8, 4) is 0 Å². The predicted octanol–water partition coefficient (Wildman–Crippen LogP) is 3.81. The summed E-state index contributed by atoms with van der Waals surface area (Å²) < 4.78 is 27.1. The number of allylic oxidation sites excluding steroid dienone is 1. The summed E-state index contributed by atoms with van der Waals surface area (Å²) in [4.78, 5) is 0. The fourth-order valence-corrected chi connectivity index (χ4v) is 2.07. The molecule has 0 fully saturated rings. The molecule has 104 valence electrons. The van der Waals surface area contributed by atoms with Crippen LogP contribution in [0.25, 0.3) is 5.57 Å². The van der Waals surface area contributed by atoms with Gasteiger partial charge in [0.05, 0.1) is 0 Å². The zero-order chi connectivity index (χ0) is 14.4. The van der Waals surface area contributed by atoms with Crippen molar-refractivity contribution in [2.45, 2.75) is 6.42 Å². The normalized spacial score (nSPS) is 11.7. The first kappa shape index (κ1) is 14.4. The van der Waals surface area contributed by atoms with E-state index in [-0.39, 0.29) is 0 Å². The molecule has 3 heteroatoms. The average molecular weight is 273 g/mol. The predicted molar refractivity (Wildman–Crippen MR) is 78.4 cm³/mol. The molecular weight excluding hydrogens is 256 g/mol. The molecular formula is C17H17F2N. The highest BCUT2D eigenvalue weighted by molar-refractivity contribution is 5.67. The second-order valence-electron chi connectivity index (χ2n) is 4.57. The van der Waals surface area contributed by atoms with Crippen LogP contribution in [0.2, 0.25) is 0 Å². The van der Waals surface area contributed by atoms with Crippen molar-refractivity contribution in [3.05, 3.63) is 77.4 Å². The first-order chi connectivity index (χ1) is 9.70. The van der Waals surface area contributed by atoms with Crippen molar-refractivity contribution in [2.24, 2.45) is 0 Å². The van der Waals surface area contributed by atoms with Crippen LogP contribution in [0.15, 0.2) is 54.6 Å². The minimum absolute atomic E-state index is 0.315. The molecule has 0 spiro atoms. The summed E-state index contributed by atoms with van der Waals surface area (Å²) in [6, 6.07) is 13.4. The highest BCUT2D eigenvalue weighted by atomic mass is 19.1. The smallest absolute Gasteiger partial charge is 0.130 e. The van der Waals surface area contributed by atoms with Gasteiger partial charge in [-0.25, -0.2) is 8.78 Å². The van der Waals surface area contributed by atoms with E-state index in [0.717, 1.165) is 23.3 Å². The van der Waals surface area contributed by atoms with E-state index in [1.165, 1.54) is 6.07 Å². The molecule has 0 aliphatic rings. The fraction of sp³-hybridized carbons (Fsp3) is 0.176. The molecule has 0 saturated carbocycles. The minimum atomic E-state index is -0.428. The van der Waals surface area contributed by atoms with Crippen molar-refractivity contribution in [3.63, 3.8) is 0 Å². The quantitative estimate of drug-likeness (QED) is 0.873. The maximum absolute atomic E-state index is 13.8. The number of hydrogen-bond donors (Lipinski definition) is 1. The van der Waals surface area contributed by atoms with Crippen LogP contribution < -0.4 is 5.32 Å². The van der Waals surface area contributed by atoms with Crippen LogP contribution in [0.5, 0.6) is 0 Å². The topological polar surface area (TPSA) is 12.0 Å². The molecule has 0 atom stereocenters. The third kappa shape index (κ3) is 3.75. The lowest BCUT2D eigenvalue weighted by molar-refractivity contribution is 0.596. The van der Waals surface area contributed by atoms with E-state index in [2.05, 4.69) is 5.32 Å². The standard InChI is InChI=1S/C17H17F2N/c1-20-12-14(8-7-13-5-3-2-4-6-13)16-11-15(18)9-10-17(16)19/h2-6,8-11,20H,7,12H2,1H3/b14-8+. The number of halogens is 2. The van der Waals surface area contributed by atoms with Gasteiger partial charge in [-0.2, -0.15) is 0 Å². The number of rotatable bonds is 5. The molecule has 2 aromatic rings. The molecule has 0 aliphatic heterocycles. The zero-order valence-electron chi connectivity index (χ0n) is 11.4. The molecule has 0 unspecified atom stereocenters. The van der Waals surface area contributed by atoms with E-state index < -0.39 is 11.6 Å². The zero-order valence-corrected chi connectivity index (χ0v) is 11.4. The summed E-state index contributed by atoms with van der Waals surface area (Å²) in [5.74, 6) is -0.830. The Kier molecular flexibility index (Phi) is 5.02. The van der Waals surface area contributed by atoms with Crippen molar-refractivity contribution >= 4 is 5.57 Å². The highest BCUT2D eigenvalue weighted by Crippen LogP contribution is 2.20. The third-order valence-corrected chi connectivity index (χ3v) is 3.07. The van der Waals surface area contributed by atoms with Gasteiger partial charge in [-0.15, -0.1) is 0 Å². The molecule has 0 bridgehead atoms. The van der Waals surface area contributed by atoms with Gasteiger partial charge in [-0.3, -0.25) is 0 Å². The molecule has 0 saturated heterocycles. The maximum atomic E-state index is 13.8. The Morgan fingerprint density at radius 3 is 2.55 bits per heavy atom. The van der Waals surface area contributed by atoms with E-state index in [9.17, 15) is 8.78 Å². The van der Waals surface area contributed by atoms with Crippen LogP contribution in [0.4, 0.5) is 8.78 Å². The van der Waals surface area contributed by atoms with Gasteiger partial charge >= 0.3 is 0 Å². The number of nitrogens with one attached hydrogen (secondary N) is 1. The number of hydrogen-bond acceptors (Lipinski definition) is 1. The van der Waals surface area contributed by atoms with Gasteiger partial charge in [-0.05, 0) is 42.8 Å². The monoisotopic (exact) mass is 273 g/mol. The van der Waals surface area contributed by atoms with Gasteiger partial charge in [0, 0.05) is 12.1 Å². The lowest BCUT2D eigenvalue weighted by atomic mass is 10.0. The molecule has 0 radical (unpaired) electrons. The Morgan fingerprint density at radius 2 is 1.85 bits per heavy atom. The summed E-state index contributed by atoms with van der Waals surface area (Å²) in [6.45, 7) is 0.493. The fourth-order valence-electron chi connectivity index (χ4n) is 2.07. The molecule has 1 N–H and O–H groups in total. The molecule has 0 heterocycles. The van der Waals surface area contributed by atoms with Crippen molar-refractivity contribution in [2.75, 3.05) is 13.6 Å². The van der Waals surface area contributed by atoms with E-state index in [1.54, 1.807) is 7.05 Å². The summed E-state index contributed by atoms with van der Waals surface area (Å²) in [7, 11) is 1.79. The van der Waals surface area contributed by atoms with Gasteiger partial charge in [0.2, 0.25) is 0 Å². The van der Waals surface area contributed by atoms with Crippen LogP contribution in [0, 0.1) is 11.6 Å². The van der Waals surface area contributed by atoms with E-state index in [1.807, 2.05) is 36.4 Å². The maximum Gasteiger partial charge on any atom is 0.130 e. The molecule has 0 amide bonds. The summed E-state index contributed by atoms with van der Waals surface area (Å²) >= 11 is 0.